The summed E-state index contributed by atoms with van der Waals surface area (Å²) in [5, 5.41) is 2.70. The van der Waals surface area contributed by atoms with Gasteiger partial charge < -0.3 is 5.32 Å². The number of hydrogen-bond acceptors (Lipinski definition) is 4. The SMILES string of the molecule is C=CCSCCNC(=O)c1cccc(S(=O)(=O)Cl)c1. The molecule has 1 aromatic carbocycles. The number of amides is 1. The molecule has 0 atom stereocenters. The maximum absolute atomic E-state index is 11.8. The number of carbonyl (C=O) groups is 1. The van der Waals surface area contributed by atoms with E-state index in [1.165, 1.54) is 24.3 Å². The Morgan fingerprint density at radius 2 is 2.21 bits per heavy atom. The van der Waals surface area contributed by atoms with E-state index in [2.05, 4.69) is 11.9 Å². The molecule has 0 unspecified atom stereocenters. The van der Waals surface area contributed by atoms with Crippen molar-refractivity contribution in [3.8, 4) is 0 Å². The van der Waals surface area contributed by atoms with Gasteiger partial charge in [0.2, 0.25) is 0 Å². The lowest BCUT2D eigenvalue weighted by Gasteiger charge is -2.05. The molecule has 1 amide bonds. The molecule has 1 N–H and O–H groups in total. The van der Waals surface area contributed by atoms with Gasteiger partial charge in [-0.1, -0.05) is 12.1 Å². The second kappa shape index (κ2) is 7.57. The normalized spacial score (nSPS) is 11.0. The van der Waals surface area contributed by atoms with Crippen LogP contribution in [-0.4, -0.2) is 32.4 Å². The molecule has 19 heavy (non-hydrogen) atoms. The molecule has 1 aromatic rings. The van der Waals surface area contributed by atoms with Crippen LogP contribution in [0.5, 0.6) is 0 Å². The molecule has 1 rings (SSSR count). The summed E-state index contributed by atoms with van der Waals surface area (Å²) in [6.45, 7) is 4.11. The van der Waals surface area contributed by atoms with Gasteiger partial charge in [0.05, 0.1) is 4.90 Å². The van der Waals surface area contributed by atoms with Gasteiger partial charge in [-0.25, -0.2) is 8.42 Å². The molecule has 7 heteroatoms. The summed E-state index contributed by atoms with van der Waals surface area (Å²) in [5.41, 5.74) is 0.274. The Morgan fingerprint density at radius 3 is 2.84 bits per heavy atom. The summed E-state index contributed by atoms with van der Waals surface area (Å²) in [6.07, 6.45) is 1.79. The number of thioether (sulfide) groups is 1. The highest BCUT2D eigenvalue weighted by Crippen LogP contribution is 2.16. The standard InChI is InChI=1S/C12H14ClNO3S2/c1-2-7-18-8-6-14-12(15)10-4-3-5-11(9-10)19(13,16)17/h2-5,9H,1,6-8H2,(H,14,15). The first-order chi connectivity index (χ1) is 8.95. The molecule has 0 saturated carbocycles. The van der Waals surface area contributed by atoms with Crippen molar-refractivity contribution in [3.05, 3.63) is 42.5 Å². The Labute approximate surface area is 121 Å². The Morgan fingerprint density at radius 1 is 1.47 bits per heavy atom. The second-order valence-electron chi connectivity index (χ2n) is 3.59. The van der Waals surface area contributed by atoms with Crippen molar-refractivity contribution in [1.82, 2.24) is 5.32 Å². The van der Waals surface area contributed by atoms with Crippen LogP contribution in [0.3, 0.4) is 0 Å². The van der Waals surface area contributed by atoms with E-state index in [1.54, 1.807) is 17.8 Å². The molecule has 0 aliphatic heterocycles. The Kier molecular flexibility index (Phi) is 6.41. The van der Waals surface area contributed by atoms with E-state index in [0.29, 0.717) is 6.54 Å². The molecule has 0 aromatic heterocycles. The van der Waals surface area contributed by atoms with E-state index in [4.69, 9.17) is 10.7 Å². The summed E-state index contributed by atoms with van der Waals surface area (Å²) in [7, 11) is 1.41. The first kappa shape index (κ1) is 16.1. The second-order valence-corrected chi connectivity index (χ2v) is 7.30. The smallest absolute Gasteiger partial charge is 0.261 e. The Bertz CT molecular complexity index is 558. The number of hydrogen-bond donors (Lipinski definition) is 1. The molecule has 0 spiro atoms. The average molecular weight is 320 g/mol. The van der Waals surface area contributed by atoms with Crippen molar-refractivity contribution in [2.24, 2.45) is 0 Å². The molecule has 4 nitrogen and oxygen atoms in total. The van der Waals surface area contributed by atoms with Gasteiger partial charge in [-0.05, 0) is 18.2 Å². The molecular weight excluding hydrogens is 306 g/mol. The Hall–Kier alpha value is -0.980. The van der Waals surface area contributed by atoms with Crippen molar-refractivity contribution < 1.29 is 13.2 Å². The van der Waals surface area contributed by atoms with Crippen LogP contribution in [0.15, 0.2) is 41.8 Å². The van der Waals surface area contributed by atoms with Crippen molar-refractivity contribution in [3.63, 3.8) is 0 Å². The van der Waals surface area contributed by atoms with Gasteiger partial charge in [-0.15, -0.1) is 6.58 Å². The first-order valence-corrected chi connectivity index (χ1v) is 8.93. The fraction of sp³-hybridized carbons (Fsp3) is 0.250. The fourth-order valence-corrected chi connectivity index (χ4v) is 2.67. The van der Waals surface area contributed by atoms with Gasteiger partial charge in [0.1, 0.15) is 0 Å². The highest BCUT2D eigenvalue weighted by atomic mass is 35.7. The summed E-state index contributed by atoms with van der Waals surface area (Å²) in [5.74, 6) is 1.28. The molecule has 0 fully saturated rings. The van der Waals surface area contributed by atoms with E-state index >= 15 is 0 Å². The molecule has 0 heterocycles. The van der Waals surface area contributed by atoms with Crippen LogP contribution >= 0.6 is 22.4 Å². The average Bonchev–Trinajstić information content (AvgIpc) is 2.37. The molecule has 0 radical (unpaired) electrons. The molecule has 0 aliphatic rings. The van der Waals surface area contributed by atoms with E-state index in [0.717, 1.165) is 11.5 Å². The lowest BCUT2D eigenvalue weighted by atomic mass is 10.2. The van der Waals surface area contributed by atoms with Gasteiger partial charge >= 0.3 is 0 Å². The van der Waals surface area contributed by atoms with Crippen LogP contribution < -0.4 is 5.32 Å². The van der Waals surface area contributed by atoms with Crippen LogP contribution in [0, 0.1) is 0 Å². The van der Waals surface area contributed by atoms with E-state index in [9.17, 15) is 13.2 Å². The maximum atomic E-state index is 11.8. The Balaban J connectivity index is 2.60. The number of benzene rings is 1. The third-order valence-corrected chi connectivity index (χ3v) is 4.46. The number of rotatable bonds is 7. The minimum atomic E-state index is -3.81. The van der Waals surface area contributed by atoms with Crippen molar-refractivity contribution >= 4 is 37.4 Å². The number of carbonyl (C=O) groups excluding carboxylic acids is 1. The zero-order valence-corrected chi connectivity index (χ0v) is 12.5. The quantitative estimate of drug-likeness (QED) is 0.476. The predicted molar refractivity (Wildman–Crippen MR) is 79.3 cm³/mol. The highest BCUT2D eigenvalue weighted by Gasteiger charge is 2.12. The van der Waals surface area contributed by atoms with Gasteiger partial charge in [0.25, 0.3) is 15.0 Å². The van der Waals surface area contributed by atoms with Crippen LogP contribution in [0.1, 0.15) is 10.4 Å². The number of nitrogens with one attached hydrogen (secondary N) is 1. The maximum Gasteiger partial charge on any atom is 0.261 e. The van der Waals surface area contributed by atoms with Gasteiger partial charge in [-0.2, -0.15) is 11.8 Å². The number of halogens is 1. The molecule has 104 valence electrons. The highest BCUT2D eigenvalue weighted by molar-refractivity contribution is 8.13. The summed E-state index contributed by atoms with van der Waals surface area (Å²) < 4.78 is 22.3. The van der Waals surface area contributed by atoms with Gasteiger partial charge in [0.15, 0.2) is 0 Å². The molecule has 0 bridgehead atoms. The predicted octanol–water partition coefficient (Wildman–Crippen LogP) is 2.26. The summed E-state index contributed by atoms with van der Waals surface area (Å²) in [4.78, 5) is 11.7. The van der Waals surface area contributed by atoms with Crippen LogP contribution in [-0.2, 0) is 9.05 Å². The summed E-state index contributed by atoms with van der Waals surface area (Å²) in [6, 6.07) is 5.63. The molecule has 0 saturated heterocycles. The fourth-order valence-electron chi connectivity index (χ4n) is 1.29. The largest absolute Gasteiger partial charge is 0.351 e. The van der Waals surface area contributed by atoms with Crippen LogP contribution in [0.2, 0.25) is 0 Å². The van der Waals surface area contributed by atoms with Crippen LogP contribution in [0.4, 0.5) is 0 Å². The zero-order chi connectivity index (χ0) is 14.3. The zero-order valence-electron chi connectivity index (χ0n) is 10.1. The van der Waals surface area contributed by atoms with Gasteiger partial charge in [-0.3, -0.25) is 4.79 Å². The molecular formula is C12H14ClNO3S2. The van der Waals surface area contributed by atoms with E-state index in [-0.39, 0.29) is 16.4 Å². The summed E-state index contributed by atoms with van der Waals surface area (Å²) >= 11 is 1.65. The minimum absolute atomic E-state index is 0.0807. The van der Waals surface area contributed by atoms with Gasteiger partial charge in [0, 0.05) is 34.3 Å². The molecule has 0 aliphatic carbocycles. The monoisotopic (exact) mass is 319 g/mol. The lowest BCUT2D eigenvalue weighted by molar-refractivity contribution is 0.0956. The van der Waals surface area contributed by atoms with Crippen molar-refractivity contribution in [2.45, 2.75) is 4.90 Å². The minimum Gasteiger partial charge on any atom is -0.351 e. The topological polar surface area (TPSA) is 63.2 Å². The van der Waals surface area contributed by atoms with E-state index in [1.807, 2.05) is 0 Å². The van der Waals surface area contributed by atoms with Crippen molar-refractivity contribution in [2.75, 3.05) is 18.1 Å². The lowest BCUT2D eigenvalue weighted by Crippen LogP contribution is -2.25. The van der Waals surface area contributed by atoms with Crippen LogP contribution in [0.25, 0.3) is 0 Å². The third-order valence-electron chi connectivity index (χ3n) is 2.15. The van der Waals surface area contributed by atoms with E-state index < -0.39 is 9.05 Å². The van der Waals surface area contributed by atoms with Crippen molar-refractivity contribution in [1.29, 1.82) is 0 Å². The first-order valence-electron chi connectivity index (χ1n) is 5.46. The third kappa shape index (κ3) is 5.67.